The first-order valence-corrected chi connectivity index (χ1v) is 7.98. The zero-order valence-electron chi connectivity index (χ0n) is 13.1. The maximum Gasteiger partial charge on any atom is 0.236 e. The van der Waals surface area contributed by atoms with Gasteiger partial charge in [-0.1, -0.05) is 5.16 Å². The highest BCUT2D eigenvalue weighted by molar-refractivity contribution is 5.85. The lowest BCUT2D eigenvalue weighted by Gasteiger charge is -2.32. The van der Waals surface area contributed by atoms with Gasteiger partial charge >= 0.3 is 0 Å². The minimum atomic E-state index is 0. The van der Waals surface area contributed by atoms with E-state index in [4.69, 9.17) is 4.52 Å². The summed E-state index contributed by atoms with van der Waals surface area (Å²) in [4.78, 5) is 18.5. The fraction of sp³-hybridized carbons (Fsp3) is 0.800. The number of halogens is 1. The van der Waals surface area contributed by atoms with Crippen LogP contribution in [0, 0.1) is 18.8 Å². The third-order valence-corrected chi connectivity index (χ3v) is 4.32. The smallest absolute Gasteiger partial charge is 0.236 e. The second-order valence-corrected chi connectivity index (χ2v) is 6.36. The first kappa shape index (κ1) is 17.2. The molecule has 1 aromatic rings. The number of nitrogens with zero attached hydrogens (tertiary/aromatic N) is 3. The normalized spacial score (nSPS) is 21.5. The zero-order valence-corrected chi connectivity index (χ0v) is 13.9. The molecule has 124 valence electrons. The van der Waals surface area contributed by atoms with E-state index in [9.17, 15) is 4.79 Å². The van der Waals surface area contributed by atoms with Crippen LogP contribution < -0.4 is 5.32 Å². The van der Waals surface area contributed by atoms with Crippen molar-refractivity contribution in [2.75, 3.05) is 26.2 Å². The van der Waals surface area contributed by atoms with Gasteiger partial charge in [-0.25, -0.2) is 0 Å². The van der Waals surface area contributed by atoms with Gasteiger partial charge in [-0.3, -0.25) is 4.79 Å². The number of hydrogen-bond donors (Lipinski definition) is 1. The second-order valence-electron chi connectivity index (χ2n) is 6.36. The van der Waals surface area contributed by atoms with E-state index >= 15 is 0 Å². The van der Waals surface area contributed by atoms with Crippen molar-refractivity contribution >= 4 is 18.3 Å². The molecule has 1 amide bonds. The number of carbonyl (C=O) groups is 1. The molecule has 1 saturated carbocycles. The summed E-state index contributed by atoms with van der Waals surface area (Å²) >= 11 is 0. The van der Waals surface area contributed by atoms with Gasteiger partial charge in [0.15, 0.2) is 5.82 Å². The van der Waals surface area contributed by atoms with Crippen molar-refractivity contribution in [1.29, 1.82) is 0 Å². The lowest BCUT2D eigenvalue weighted by atomic mass is 9.94. The standard InChI is InChI=1S/C15H24N4O2.ClH/c1-11-17-14(18-21-11)7-13-3-2-6-19(10-13)15(20)9-16-8-12-4-5-12;/h12-13,16H,2-10H2,1H3;1H. The van der Waals surface area contributed by atoms with E-state index < -0.39 is 0 Å². The minimum absolute atomic E-state index is 0. The van der Waals surface area contributed by atoms with Crippen molar-refractivity contribution in [3.05, 3.63) is 11.7 Å². The highest BCUT2D eigenvalue weighted by atomic mass is 35.5. The van der Waals surface area contributed by atoms with Gasteiger partial charge in [-0.2, -0.15) is 4.98 Å². The summed E-state index contributed by atoms with van der Waals surface area (Å²) in [5.41, 5.74) is 0. The molecule has 0 spiro atoms. The molecule has 7 heteroatoms. The Morgan fingerprint density at radius 3 is 2.86 bits per heavy atom. The Bertz CT molecular complexity index is 490. The Labute approximate surface area is 137 Å². The Kier molecular flexibility index (Phi) is 6.20. The fourth-order valence-corrected chi connectivity index (χ4v) is 2.96. The Morgan fingerprint density at radius 2 is 2.18 bits per heavy atom. The third-order valence-electron chi connectivity index (χ3n) is 4.32. The molecule has 1 unspecified atom stereocenters. The largest absolute Gasteiger partial charge is 0.341 e. The van der Waals surface area contributed by atoms with E-state index in [1.54, 1.807) is 6.92 Å². The summed E-state index contributed by atoms with van der Waals surface area (Å²) < 4.78 is 5.01. The summed E-state index contributed by atoms with van der Waals surface area (Å²) in [5.74, 6) is 2.86. The molecule has 0 bridgehead atoms. The van der Waals surface area contributed by atoms with E-state index in [1.807, 2.05) is 4.90 Å². The maximum atomic E-state index is 12.2. The Morgan fingerprint density at radius 1 is 1.36 bits per heavy atom. The predicted molar refractivity (Wildman–Crippen MR) is 84.9 cm³/mol. The molecule has 0 radical (unpaired) electrons. The predicted octanol–water partition coefficient (Wildman–Crippen LogP) is 1.58. The monoisotopic (exact) mass is 328 g/mol. The van der Waals surface area contributed by atoms with Gasteiger partial charge in [0.1, 0.15) is 0 Å². The van der Waals surface area contributed by atoms with Gasteiger partial charge in [0.2, 0.25) is 11.8 Å². The first-order valence-electron chi connectivity index (χ1n) is 7.98. The molecule has 0 aromatic carbocycles. The zero-order chi connectivity index (χ0) is 14.7. The average molecular weight is 329 g/mol. The van der Waals surface area contributed by atoms with Crippen LogP contribution in [0.2, 0.25) is 0 Å². The lowest BCUT2D eigenvalue weighted by molar-refractivity contribution is -0.132. The van der Waals surface area contributed by atoms with Gasteiger partial charge in [-0.15, -0.1) is 12.4 Å². The van der Waals surface area contributed by atoms with Crippen molar-refractivity contribution in [2.24, 2.45) is 11.8 Å². The number of nitrogens with one attached hydrogen (secondary N) is 1. The molecule has 22 heavy (non-hydrogen) atoms. The molecular weight excluding hydrogens is 304 g/mol. The van der Waals surface area contributed by atoms with Crippen molar-refractivity contribution < 1.29 is 9.32 Å². The summed E-state index contributed by atoms with van der Waals surface area (Å²) in [6, 6.07) is 0. The van der Waals surface area contributed by atoms with Gasteiger partial charge < -0.3 is 14.7 Å². The van der Waals surface area contributed by atoms with E-state index in [2.05, 4.69) is 15.5 Å². The molecule has 3 rings (SSSR count). The number of carbonyl (C=O) groups excluding carboxylic acids is 1. The molecule has 2 heterocycles. The van der Waals surface area contributed by atoms with E-state index in [-0.39, 0.29) is 18.3 Å². The summed E-state index contributed by atoms with van der Waals surface area (Å²) in [5, 5.41) is 7.24. The number of piperidine rings is 1. The van der Waals surface area contributed by atoms with Crippen molar-refractivity contribution in [2.45, 2.75) is 39.0 Å². The second kappa shape index (κ2) is 7.92. The third kappa shape index (κ3) is 4.95. The van der Waals surface area contributed by atoms with Crippen LogP contribution in [0.1, 0.15) is 37.4 Å². The van der Waals surface area contributed by atoms with Gasteiger partial charge in [0.25, 0.3) is 0 Å². The highest BCUT2D eigenvalue weighted by Crippen LogP contribution is 2.27. The Balaban J connectivity index is 0.00000176. The van der Waals surface area contributed by atoms with Crippen molar-refractivity contribution in [1.82, 2.24) is 20.4 Å². The van der Waals surface area contributed by atoms with Crippen LogP contribution in [0.15, 0.2) is 4.52 Å². The number of amides is 1. The molecule has 1 N–H and O–H groups in total. The van der Waals surface area contributed by atoms with E-state index in [0.717, 1.165) is 50.6 Å². The van der Waals surface area contributed by atoms with Crippen LogP contribution >= 0.6 is 12.4 Å². The molecule has 1 aliphatic carbocycles. The molecular formula is C15H25ClN4O2. The first-order chi connectivity index (χ1) is 10.2. The van der Waals surface area contributed by atoms with Crippen molar-refractivity contribution in [3.8, 4) is 0 Å². The van der Waals surface area contributed by atoms with Crippen LogP contribution in [0.4, 0.5) is 0 Å². The average Bonchev–Trinajstić information content (AvgIpc) is 3.21. The molecule has 1 saturated heterocycles. The van der Waals surface area contributed by atoms with Crippen LogP contribution in [0.5, 0.6) is 0 Å². The van der Waals surface area contributed by atoms with Crippen LogP contribution in [0.3, 0.4) is 0 Å². The summed E-state index contributed by atoms with van der Waals surface area (Å²) in [6.45, 7) is 4.97. The molecule has 2 fully saturated rings. The number of aromatic nitrogens is 2. The van der Waals surface area contributed by atoms with E-state index in [1.165, 1.54) is 12.8 Å². The summed E-state index contributed by atoms with van der Waals surface area (Å²) in [7, 11) is 0. The molecule has 1 aromatic heterocycles. The van der Waals surface area contributed by atoms with E-state index in [0.29, 0.717) is 18.4 Å². The Hall–Kier alpha value is -1.14. The molecule has 1 aliphatic heterocycles. The number of likely N-dealkylation sites (tertiary alicyclic amines) is 1. The highest BCUT2D eigenvalue weighted by Gasteiger charge is 2.25. The van der Waals surface area contributed by atoms with Crippen LogP contribution in [0.25, 0.3) is 0 Å². The molecule has 2 aliphatic rings. The van der Waals surface area contributed by atoms with Crippen LogP contribution in [-0.2, 0) is 11.2 Å². The molecule has 1 atom stereocenters. The molecule has 6 nitrogen and oxygen atoms in total. The van der Waals surface area contributed by atoms with Crippen molar-refractivity contribution in [3.63, 3.8) is 0 Å². The van der Waals surface area contributed by atoms with Gasteiger partial charge in [0, 0.05) is 26.4 Å². The van der Waals surface area contributed by atoms with Gasteiger partial charge in [-0.05, 0) is 44.1 Å². The lowest BCUT2D eigenvalue weighted by Crippen LogP contribution is -2.44. The SMILES string of the molecule is Cc1nc(CC2CCCN(C(=O)CNCC3CC3)C2)no1.Cl. The maximum absolute atomic E-state index is 12.2. The van der Waals surface area contributed by atoms with Crippen LogP contribution in [-0.4, -0.2) is 47.1 Å². The number of rotatable bonds is 6. The fourth-order valence-electron chi connectivity index (χ4n) is 2.96. The van der Waals surface area contributed by atoms with Gasteiger partial charge in [0.05, 0.1) is 6.54 Å². The topological polar surface area (TPSA) is 71.3 Å². The number of aryl methyl sites for hydroxylation is 1. The summed E-state index contributed by atoms with van der Waals surface area (Å²) in [6.07, 6.45) is 5.63. The quantitative estimate of drug-likeness (QED) is 0.858. The minimum Gasteiger partial charge on any atom is -0.341 e. The number of hydrogen-bond acceptors (Lipinski definition) is 5.